The van der Waals surface area contributed by atoms with E-state index in [1.165, 1.54) is 6.07 Å². The van der Waals surface area contributed by atoms with Crippen molar-refractivity contribution < 1.29 is 5.11 Å². The standard InChI is InChI=1S/C12H7NO/c1-4-8-7-11(14)12(13)10(6-3)9(8)5-2/h1-3,7,14H,13H2. The Balaban J connectivity index is 3.74. The minimum absolute atomic E-state index is 0.0828. The van der Waals surface area contributed by atoms with E-state index in [2.05, 4.69) is 17.8 Å². The molecule has 0 fully saturated rings. The highest BCUT2D eigenvalue weighted by Gasteiger charge is 2.11. The molecule has 0 bridgehead atoms. The summed E-state index contributed by atoms with van der Waals surface area (Å²) in [5.74, 6) is 6.85. The largest absolute Gasteiger partial charge is 0.506 e. The van der Waals surface area contributed by atoms with Gasteiger partial charge in [-0.25, -0.2) is 0 Å². The van der Waals surface area contributed by atoms with Crippen molar-refractivity contribution in [3.05, 3.63) is 22.8 Å². The summed E-state index contributed by atoms with van der Waals surface area (Å²) in [6.45, 7) is 0. The number of terminal acetylenes is 3. The summed E-state index contributed by atoms with van der Waals surface area (Å²) in [5.41, 5.74) is 6.62. The molecule has 0 heterocycles. The third-order valence-corrected chi connectivity index (χ3v) is 1.79. The van der Waals surface area contributed by atoms with Crippen LogP contribution < -0.4 is 5.73 Å². The van der Waals surface area contributed by atoms with E-state index in [1.807, 2.05) is 0 Å². The Kier molecular flexibility index (Phi) is 2.38. The quantitative estimate of drug-likeness (QED) is 0.355. The second-order valence-corrected chi connectivity index (χ2v) is 2.54. The molecule has 0 radical (unpaired) electrons. The van der Waals surface area contributed by atoms with Crippen LogP contribution in [-0.4, -0.2) is 5.11 Å². The number of nitrogen functional groups attached to an aromatic ring is 1. The zero-order valence-corrected chi connectivity index (χ0v) is 7.33. The van der Waals surface area contributed by atoms with Gasteiger partial charge in [-0.1, -0.05) is 17.8 Å². The highest BCUT2D eigenvalue weighted by Crippen LogP contribution is 2.29. The van der Waals surface area contributed by atoms with Crippen molar-refractivity contribution in [3.8, 4) is 42.8 Å². The lowest BCUT2D eigenvalue weighted by atomic mass is 10.00. The van der Waals surface area contributed by atoms with Gasteiger partial charge in [0.25, 0.3) is 0 Å². The Morgan fingerprint density at radius 1 is 1.07 bits per heavy atom. The maximum Gasteiger partial charge on any atom is 0.141 e. The Morgan fingerprint density at radius 3 is 2.07 bits per heavy atom. The Morgan fingerprint density at radius 2 is 1.64 bits per heavy atom. The summed E-state index contributed by atoms with van der Waals surface area (Å²) in [6, 6.07) is 1.32. The molecule has 0 unspecified atom stereocenters. The molecule has 1 aromatic rings. The van der Waals surface area contributed by atoms with Crippen molar-refractivity contribution in [2.45, 2.75) is 0 Å². The summed E-state index contributed by atoms with van der Waals surface area (Å²) >= 11 is 0. The monoisotopic (exact) mass is 181 g/mol. The summed E-state index contributed by atoms with van der Waals surface area (Å²) < 4.78 is 0. The van der Waals surface area contributed by atoms with Crippen LogP contribution in [0.1, 0.15) is 16.7 Å². The lowest BCUT2D eigenvalue weighted by Gasteiger charge is -2.06. The van der Waals surface area contributed by atoms with Crippen LogP contribution in [0, 0.1) is 37.0 Å². The van der Waals surface area contributed by atoms with Gasteiger partial charge in [-0.05, 0) is 6.07 Å². The van der Waals surface area contributed by atoms with E-state index in [1.54, 1.807) is 0 Å². The Hall–Kier alpha value is -2.50. The van der Waals surface area contributed by atoms with Crippen LogP contribution >= 0.6 is 0 Å². The first-order chi connectivity index (χ1) is 6.65. The molecule has 1 aromatic carbocycles. The van der Waals surface area contributed by atoms with Crippen molar-refractivity contribution >= 4 is 5.69 Å². The third-order valence-electron chi connectivity index (χ3n) is 1.79. The van der Waals surface area contributed by atoms with Gasteiger partial charge in [-0.15, -0.1) is 19.3 Å². The Bertz CT molecular complexity index is 507. The number of aromatic hydroxyl groups is 1. The van der Waals surface area contributed by atoms with Gasteiger partial charge in [-0.2, -0.15) is 0 Å². The van der Waals surface area contributed by atoms with E-state index < -0.39 is 0 Å². The molecule has 0 aliphatic carbocycles. The molecule has 1 rings (SSSR count). The van der Waals surface area contributed by atoms with Gasteiger partial charge in [-0.3, -0.25) is 0 Å². The van der Waals surface area contributed by atoms with Crippen molar-refractivity contribution in [1.29, 1.82) is 0 Å². The van der Waals surface area contributed by atoms with E-state index in [9.17, 15) is 5.11 Å². The van der Waals surface area contributed by atoms with Crippen molar-refractivity contribution in [3.63, 3.8) is 0 Å². The fourth-order valence-electron chi connectivity index (χ4n) is 1.10. The predicted octanol–water partition coefficient (Wildman–Crippen LogP) is 0.918. The predicted molar refractivity (Wildman–Crippen MR) is 56.3 cm³/mol. The number of phenolic OH excluding ortho intramolecular Hbond substituents is 1. The van der Waals surface area contributed by atoms with Gasteiger partial charge in [0.1, 0.15) is 5.75 Å². The van der Waals surface area contributed by atoms with Crippen LogP contribution in [0.15, 0.2) is 6.07 Å². The fraction of sp³-hybridized carbons (Fsp3) is 0. The molecule has 0 spiro atoms. The molecule has 2 heteroatoms. The minimum Gasteiger partial charge on any atom is -0.506 e. The maximum absolute atomic E-state index is 9.38. The lowest BCUT2D eigenvalue weighted by Crippen LogP contribution is -1.97. The number of anilines is 1. The van der Waals surface area contributed by atoms with E-state index in [0.717, 1.165) is 0 Å². The highest BCUT2D eigenvalue weighted by atomic mass is 16.3. The van der Waals surface area contributed by atoms with Crippen LogP contribution in [0.2, 0.25) is 0 Å². The van der Waals surface area contributed by atoms with Crippen LogP contribution in [0.4, 0.5) is 5.69 Å². The molecule has 2 nitrogen and oxygen atoms in total. The molecule has 3 N–H and O–H groups in total. The minimum atomic E-state index is -0.148. The van der Waals surface area contributed by atoms with Gasteiger partial charge < -0.3 is 10.8 Å². The number of hydrogen-bond donors (Lipinski definition) is 2. The summed E-state index contributed by atoms with van der Waals surface area (Å²) in [4.78, 5) is 0. The molecule has 14 heavy (non-hydrogen) atoms. The molecule has 0 aliphatic heterocycles. The van der Waals surface area contributed by atoms with E-state index in [-0.39, 0.29) is 17.0 Å². The molecule has 0 aliphatic rings. The first-order valence-corrected chi connectivity index (χ1v) is 3.71. The summed E-state index contributed by atoms with van der Waals surface area (Å²) in [7, 11) is 0. The third kappa shape index (κ3) is 1.24. The first kappa shape index (κ1) is 9.59. The topological polar surface area (TPSA) is 46.2 Å². The van der Waals surface area contributed by atoms with Crippen molar-refractivity contribution in [1.82, 2.24) is 0 Å². The fourth-order valence-corrected chi connectivity index (χ4v) is 1.10. The van der Waals surface area contributed by atoms with Crippen LogP contribution in [0.25, 0.3) is 0 Å². The van der Waals surface area contributed by atoms with Crippen molar-refractivity contribution in [2.75, 3.05) is 5.73 Å². The smallest absolute Gasteiger partial charge is 0.141 e. The van der Waals surface area contributed by atoms with Crippen molar-refractivity contribution in [2.24, 2.45) is 0 Å². The van der Waals surface area contributed by atoms with Gasteiger partial charge >= 0.3 is 0 Å². The van der Waals surface area contributed by atoms with E-state index in [0.29, 0.717) is 11.1 Å². The molecule has 0 aromatic heterocycles. The Labute approximate surface area is 82.8 Å². The van der Waals surface area contributed by atoms with E-state index in [4.69, 9.17) is 25.0 Å². The average molecular weight is 181 g/mol. The SMILES string of the molecule is C#Cc1cc(O)c(N)c(C#C)c1C#C. The zero-order chi connectivity index (χ0) is 10.7. The highest BCUT2D eigenvalue weighted by molar-refractivity contribution is 5.73. The van der Waals surface area contributed by atoms with Crippen LogP contribution in [-0.2, 0) is 0 Å². The number of rotatable bonds is 0. The molecular weight excluding hydrogens is 174 g/mol. The molecular formula is C12H7NO. The maximum atomic E-state index is 9.38. The number of nitrogens with two attached hydrogens (primary N) is 1. The molecule has 0 saturated carbocycles. The molecule has 0 atom stereocenters. The van der Waals surface area contributed by atoms with Crippen LogP contribution in [0.3, 0.4) is 0 Å². The first-order valence-electron chi connectivity index (χ1n) is 3.71. The van der Waals surface area contributed by atoms with Gasteiger partial charge in [0, 0.05) is 5.56 Å². The normalized spacial score (nSPS) is 8.36. The summed E-state index contributed by atoms with van der Waals surface area (Å²) in [6.07, 6.45) is 15.7. The zero-order valence-electron chi connectivity index (χ0n) is 7.33. The second kappa shape index (κ2) is 3.48. The van der Waals surface area contributed by atoms with Gasteiger partial charge in [0.15, 0.2) is 0 Å². The van der Waals surface area contributed by atoms with Crippen LogP contribution in [0.5, 0.6) is 5.75 Å². The number of phenols is 1. The average Bonchev–Trinajstić information content (AvgIpc) is 2.20. The second-order valence-electron chi connectivity index (χ2n) is 2.54. The number of hydrogen-bond acceptors (Lipinski definition) is 2. The van der Waals surface area contributed by atoms with Gasteiger partial charge in [0.2, 0.25) is 0 Å². The molecule has 0 amide bonds. The summed E-state index contributed by atoms with van der Waals surface area (Å²) in [5, 5.41) is 9.38. The van der Waals surface area contributed by atoms with Gasteiger partial charge in [0.05, 0.1) is 16.8 Å². The number of benzene rings is 1. The molecule has 66 valence electrons. The van der Waals surface area contributed by atoms with E-state index >= 15 is 0 Å². The molecule has 0 saturated heterocycles. The lowest BCUT2D eigenvalue weighted by molar-refractivity contribution is 0.477.